The Morgan fingerprint density at radius 3 is 2.52 bits per heavy atom. The first-order valence-electron chi connectivity index (χ1n) is 7.05. The second-order valence-electron chi connectivity index (χ2n) is 4.95. The van der Waals surface area contributed by atoms with Gasteiger partial charge in [0.15, 0.2) is 6.10 Å². The Morgan fingerprint density at radius 1 is 1.24 bits per heavy atom. The molecule has 7 heteroatoms. The molecule has 0 aromatic carbocycles. The number of amides is 2. The molecule has 0 aliphatic carbocycles. The van der Waals surface area contributed by atoms with Gasteiger partial charge < -0.3 is 20.2 Å². The van der Waals surface area contributed by atoms with E-state index >= 15 is 0 Å². The predicted molar refractivity (Wildman–Crippen MR) is 75.9 cm³/mol. The standard InChI is InChI=1S/C14H23N3O4/c1-11(2)13(21-10-15)14(20)17-7-5-3-4-6-12(19)16-8-9-18/h9,11,13H,3-8H2,1-2H3,(H,16,19)(H,17,20). The van der Waals surface area contributed by atoms with Crippen LogP contribution in [0.15, 0.2) is 0 Å². The number of nitrogens with one attached hydrogen (secondary N) is 2. The van der Waals surface area contributed by atoms with Gasteiger partial charge in [0.25, 0.3) is 12.2 Å². The van der Waals surface area contributed by atoms with Crippen LogP contribution in [-0.2, 0) is 19.1 Å². The lowest BCUT2D eigenvalue weighted by Gasteiger charge is -2.17. The van der Waals surface area contributed by atoms with Crippen molar-refractivity contribution in [3.8, 4) is 6.26 Å². The summed E-state index contributed by atoms with van der Waals surface area (Å²) in [5.41, 5.74) is 0. The van der Waals surface area contributed by atoms with Gasteiger partial charge in [-0.25, -0.2) is 0 Å². The zero-order valence-corrected chi connectivity index (χ0v) is 12.6. The highest BCUT2D eigenvalue weighted by atomic mass is 16.5. The third kappa shape index (κ3) is 9.44. The number of ether oxygens (including phenoxy) is 1. The molecule has 0 aromatic heterocycles. The summed E-state index contributed by atoms with van der Waals surface area (Å²) in [6, 6.07) is 0. The Kier molecular flexibility index (Phi) is 10.5. The fourth-order valence-electron chi connectivity index (χ4n) is 1.69. The van der Waals surface area contributed by atoms with Crippen LogP contribution in [0.25, 0.3) is 0 Å². The third-order valence-electron chi connectivity index (χ3n) is 2.81. The summed E-state index contributed by atoms with van der Waals surface area (Å²) in [7, 11) is 0. The molecule has 2 amide bonds. The van der Waals surface area contributed by atoms with Gasteiger partial charge in [0.1, 0.15) is 6.29 Å². The number of unbranched alkanes of at least 4 members (excludes halogenated alkanes) is 2. The first kappa shape index (κ1) is 18.9. The molecular formula is C14H23N3O4. The lowest BCUT2D eigenvalue weighted by Crippen LogP contribution is -2.39. The second-order valence-corrected chi connectivity index (χ2v) is 4.95. The predicted octanol–water partition coefficient (Wildman–Crippen LogP) is 0.500. The van der Waals surface area contributed by atoms with E-state index in [4.69, 9.17) is 10.00 Å². The fraction of sp³-hybridized carbons (Fsp3) is 0.714. The number of carbonyl (C=O) groups excluding carboxylic acids is 3. The number of aldehydes is 1. The van der Waals surface area contributed by atoms with E-state index in [1.54, 1.807) is 13.8 Å². The van der Waals surface area contributed by atoms with Gasteiger partial charge in [-0.3, -0.25) is 9.59 Å². The van der Waals surface area contributed by atoms with Crippen molar-refractivity contribution in [1.29, 1.82) is 5.26 Å². The van der Waals surface area contributed by atoms with E-state index in [1.807, 2.05) is 0 Å². The van der Waals surface area contributed by atoms with E-state index in [0.717, 1.165) is 12.8 Å². The molecular weight excluding hydrogens is 274 g/mol. The molecule has 0 aliphatic rings. The fourth-order valence-corrected chi connectivity index (χ4v) is 1.69. The minimum Gasteiger partial charge on any atom is -0.414 e. The van der Waals surface area contributed by atoms with Gasteiger partial charge in [0, 0.05) is 18.9 Å². The molecule has 7 nitrogen and oxygen atoms in total. The summed E-state index contributed by atoms with van der Waals surface area (Å²) >= 11 is 0. The highest BCUT2D eigenvalue weighted by molar-refractivity contribution is 5.81. The van der Waals surface area contributed by atoms with Gasteiger partial charge in [-0.1, -0.05) is 20.3 Å². The van der Waals surface area contributed by atoms with E-state index in [1.165, 1.54) is 6.26 Å². The summed E-state index contributed by atoms with van der Waals surface area (Å²) in [5, 5.41) is 13.6. The van der Waals surface area contributed by atoms with Crippen molar-refractivity contribution in [2.24, 2.45) is 5.92 Å². The second kappa shape index (κ2) is 11.7. The Bertz CT molecular complexity index is 377. The normalized spacial score (nSPS) is 11.3. The van der Waals surface area contributed by atoms with E-state index in [2.05, 4.69) is 10.6 Å². The molecule has 0 bridgehead atoms. The molecule has 2 N–H and O–H groups in total. The third-order valence-corrected chi connectivity index (χ3v) is 2.81. The molecule has 118 valence electrons. The molecule has 0 saturated carbocycles. The lowest BCUT2D eigenvalue weighted by atomic mass is 10.1. The molecule has 0 fully saturated rings. The topological polar surface area (TPSA) is 108 Å². The minimum absolute atomic E-state index is 0.0460. The van der Waals surface area contributed by atoms with Crippen LogP contribution in [0, 0.1) is 17.4 Å². The molecule has 0 saturated heterocycles. The maximum atomic E-state index is 11.7. The number of nitrogens with zero attached hydrogens (tertiary/aromatic N) is 1. The average molecular weight is 297 g/mol. The molecule has 1 atom stereocenters. The average Bonchev–Trinajstić information content (AvgIpc) is 2.45. The summed E-state index contributed by atoms with van der Waals surface area (Å²) in [6.07, 6.45) is 4.02. The Morgan fingerprint density at radius 2 is 1.95 bits per heavy atom. The summed E-state index contributed by atoms with van der Waals surface area (Å²) < 4.78 is 4.72. The van der Waals surface area contributed by atoms with Crippen LogP contribution in [0.2, 0.25) is 0 Å². The Balaban J connectivity index is 3.71. The van der Waals surface area contributed by atoms with Gasteiger partial charge in [-0.05, 0) is 12.8 Å². The summed E-state index contributed by atoms with van der Waals surface area (Å²) in [4.78, 5) is 33.0. The van der Waals surface area contributed by atoms with E-state index < -0.39 is 6.10 Å². The molecule has 0 radical (unpaired) electrons. The van der Waals surface area contributed by atoms with Crippen molar-refractivity contribution >= 4 is 18.1 Å². The van der Waals surface area contributed by atoms with Crippen LogP contribution in [0.5, 0.6) is 0 Å². The highest BCUT2D eigenvalue weighted by Gasteiger charge is 2.23. The van der Waals surface area contributed by atoms with Gasteiger partial charge >= 0.3 is 0 Å². The van der Waals surface area contributed by atoms with Gasteiger partial charge in [0.2, 0.25) is 5.91 Å². The number of carbonyl (C=O) groups is 3. The number of hydrogen-bond acceptors (Lipinski definition) is 5. The first-order valence-corrected chi connectivity index (χ1v) is 7.05. The number of nitriles is 1. The highest BCUT2D eigenvalue weighted by Crippen LogP contribution is 2.06. The zero-order valence-electron chi connectivity index (χ0n) is 12.6. The van der Waals surface area contributed by atoms with Crippen LogP contribution >= 0.6 is 0 Å². The van der Waals surface area contributed by atoms with Crippen LogP contribution in [0.3, 0.4) is 0 Å². The lowest BCUT2D eigenvalue weighted by molar-refractivity contribution is -0.131. The van der Waals surface area contributed by atoms with Crippen molar-refractivity contribution < 1.29 is 19.1 Å². The van der Waals surface area contributed by atoms with Crippen LogP contribution < -0.4 is 10.6 Å². The van der Waals surface area contributed by atoms with E-state index in [0.29, 0.717) is 25.7 Å². The number of rotatable bonds is 11. The molecule has 1 unspecified atom stereocenters. The maximum absolute atomic E-state index is 11.7. The zero-order chi connectivity index (χ0) is 16.1. The van der Waals surface area contributed by atoms with Gasteiger partial charge in [0.05, 0.1) is 6.54 Å². The molecule has 21 heavy (non-hydrogen) atoms. The van der Waals surface area contributed by atoms with E-state index in [9.17, 15) is 14.4 Å². The monoisotopic (exact) mass is 297 g/mol. The molecule has 0 aromatic rings. The number of hydrogen-bond donors (Lipinski definition) is 2. The quantitative estimate of drug-likeness (QED) is 0.328. The smallest absolute Gasteiger partial charge is 0.287 e. The Labute approximate surface area is 125 Å². The van der Waals surface area contributed by atoms with Crippen LogP contribution in [0.1, 0.15) is 39.5 Å². The van der Waals surface area contributed by atoms with Gasteiger partial charge in [-0.2, -0.15) is 5.26 Å². The van der Waals surface area contributed by atoms with Crippen LogP contribution in [-0.4, -0.2) is 37.3 Å². The van der Waals surface area contributed by atoms with Crippen molar-refractivity contribution in [3.05, 3.63) is 0 Å². The van der Waals surface area contributed by atoms with Crippen molar-refractivity contribution in [2.75, 3.05) is 13.1 Å². The van der Waals surface area contributed by atoms with Crippen molar-refractivity contribution in [1.82, 2.24) is 10.6 Å². The molecule has 0 spiro atoms. The minimum atomic E-state index is -0.760. The van der Waals surface area contributed by atoms with E-state index in [-0.39, 0.29) is 24.3 Å². The largest absolute Gasteiger partial charge is 0.414 e. The maximum Gasteiger partial charge on any atom is 0.287 e. The SMILES string of the molecule is CC(C)C(OC#N)C(=O)NCCCCCC(=O)NCC=O. The molecule has 0 aliphatic heterocycles. The Hall–Kier alpha value is -2.10. The summed E-state index contributed by atoms with van der Waals surface area (Å²) in [5.74, 6) is -0.519. The van der Waals surface area contributed by atoms with Crippen LogP contribution in [0.4, 0.5) is 0 Å². The van der Waals surface area contributed by atoms with Crippen molar-refractivity contribution in [2.45, 2.75) is 45.6 Å². The van der Waals surface area contributed by atoms with Gasteiger partial charge in [-0.15, -0.1) is 0 Å². The molecule has 0 heterocycles. The first-order chi connectivity index (χ1) is 10.0. The molecule has 0 rings (SSSR count). The summed E-state index contributed by atoms with van der Waals surface area (Å²) in [6.45, 7) is 4.14. The van der Waals surface area contributed by atoms with Crippen molar-refractivity contribution in [3.63, 3.8) is 0 Å².